The standard InChI is InChI=1S/C18H20F3NO3S/c1-14(15-7-3-2-4-8-15)25-12-6-11-22-26(23,24)17-10-5-9-16(13-17)18(19,20)21/h2-5,7-10,13-14,22H,6,11-12H2,1H3. The van der Waals surface area contributed by atoms with Gasteiger partial charge in [-0.1, -0.05) is 36.4 Å². The Hall–Kier alpha value is -1.90. The molecule has 0 aliphatic heterocycles. The van der Waals surface area contributed by atoms with Gasteiger partial charge >= 0.3 is 6.18 Å². The van der Waals surface area contributed by atoms with Crippen LogP contribution in [0, 0.1) is 0 Å². The number of nitrogens with one attached hydrogen (secondary N) is 1. The number of sulfonamides is 1. The molecule has 0 spiro atoms. The van der Waals surface area contributed by atoms with E-state index in [4.69, 9.17) is 4.74 Å². The predicted octanol–water partition coefficient (Wildman–Crippen LogP) is 4.15. The molecular formula is C18H20F3NO3S. The number of hydrogen-bond acceptors (Lipinski definition) is 3. The second-order valence-electron chi connectivity index (χ2n) is 5.70. The SMILES string of the molecule is CC(OCCCNS(=O)(=O)c1cccc(C(F)(F)F)c1)c1ccccc1. The average Bonchev–Trinajstić information content (AvgIpc) is 2.61. The summed E-state index contributed by atoms with van der Waals surface area (Å²) in [6.07, 6.45) is -4.32. The minimum absolute atomic E-state index is 0.0695. The highest BCUT2D eigenvalue weighted by molar-refractivity contribution is 7.89. The van der Waals surface area contributed by atoms with Crippen LogP contribution in [0.4, 0.5) is 13.2 Å². The molecule has 2 aromatic rings. The molecule has 1 N–H and O–H groups in total. The lowest BCUT2D eigenvalue weighted by Crippen LogP contribution is -2.26. The first kappa shape index (κ1) is 20.4. The van der Waals surface area contributed by atoms with Gasteiger partial charge in [0, 0.05) is 13.2 Å². The van der Waals surface area contributed by atoms with Gasteiger partial charge in [0.25, 0.3) is 0 Å². The van der Waals surface area contributed by atoms with Gasteiger partial charge in [-0.15, -0.1) is 0 Å². The molecule has 0 saturated heterocycles. The second-order valence-corrected chi connectivity index (χ2v) is 7.47. The second kappa shape index (κ2) is 8.66. The van der Waals surface area contributed by atoms with Gasteiger partial charge in [0.15, 0.2) is 0 Å². The van der Waals surface area contributed by atoms with Gasteiger partial charge in [0.1, 0.15) is 0 Å². The number of alkyl halides is 3. The molecule has 0 aromatic heterocycles. The molecule has 0 aliphatic rings. The van der Waals surface area contributed by atoms with Crippen LogP contribution in [0.1, 0.15) is 30.6 Å². The van der Waals surface area contributed by atoms with Crippen LogP contribution in [-0.4, -0.2) is 21.6 Å². The summed E-state index contributed by atoms with van der Waals surface area (Å²) in [5.41, 5.74) is 0.0115. The van der Waals surface area contributed by atoms with Crippen LogP contribution < -0.4 is 4.72 Å². The van der Waals surface area contributed by atoms with E-state index in [1.807, 2.05) is 37.3 Å². The molecule has 0 bridgehead atoms. The molecule has 0 amide bonds. The van der Waals surface area contributed by atoms with Crippen molar-refractivity contribution in [2.75, 3.05) is 13.2 Å². The third-order valence-corrected chi connectivity index (χ3v) is 5.18. The van der Waals surface area contributed by atoms with Crippen molar-refractivity contribution in [3.8, 4) is 0 Å². The number of halogens is 3. The first-order chi connectivity index (χ1) is 12.2. The fraction of sp³-hybridized carbons (Fsp3) is 0.333. The first-order valence-corrected chi connectivity index (χ1v) is 9.52. The Labute approximate surface area is 151 Å². The third kappa shape index (κ3) is 5.82. The summed E-state index contributed by atoms with van der Waals surface area (Å²) in [4.78, 5) is -0.411. The zero-order valence-electron chi connectivity index (χ0n) is 14.2. The van der Waals surface area contributed by atoms with Gasteiger partial charge in [-0.3, -0.25) is 0 Å². The van der Waals surface area contributed by atoms with Crippen LogP contribution in [0.25, 0.3) is 0 Å². The lowest BCUT2D eigenvalue weighted by atomic mass is 10.1. The Balaban J connectivity index is 1.83. The van der Waals surface area contributed by atoms with Crippen LogP contribution in [0.2, 0.25) is 0 Å². The Morgan fingerprint density at radius 2 is 1.77 bits per heavy atom. The van der Waals surface area contributed by atoms with E-state index in [-0.39, 0.29) is 12.6 Å². The predicted molar refractivity (Wildman–Crippen MR) is 92.1 cm³/mol. The highest BCUT2D eigenvalue weighted by Crippen LogP contribution is 2.30. The van der Waals surface area contributed by atoms with Crippen LogP contribution >= 0.6 is 0 Å². The van der Waals surface area contributed by atoms with Gasteiger partial charge in [-0.25, -0.2) is 13.1 Å². The Kier molecular flexibility index (Phi) is 6.80. The molecular weight excluding hydrogens is 367 g/mol. The minimum atomic E-state index is -4.59. The van der Waals surface area contributed by atoms with Crippen LogP contribution in [-0.2, 0) is 20.9 Å². The van der Waals surface area contributed by atoms with Crippen molar-refractivity contribution in [1.29, 1.82) is 0 Å². The van der Waals surface area contributed by atoms with Crippen molar-refractivity contribution in [3.05, 3.63) is 65.7 Å². The fourth-order valence-electron chi connectivity index (χ4n) is 2.28. The molecule has 0 aliphatic carbocycles. The molecule has 2 aromatic carbocycles. The van der Waals surface area contributed by atoms with Gasteiger partial charge in [0.05, 0.1) is 16.6 Å². The number of benzene rings is 2. The molecule has 0 fully saturated rings. The number of rotatable bonds is 8. The maximum absolute atomic E-state index is 12.7. The van der Waals surface area contributed by atoms with Gasteiger partial charge in [0.2, 0.25) is 10.0 Å². The zero-order chi connectivity index (χ0) is 19.2. The average molecular weight is 387 g/mol. The van der Waals surface area contributed by atoms with Crippen molar-refractivity contribution >= 4 is 10.0 Å². The topological polar surface area (TPSA) is 55.4 Å². The Morgan fingerprint density at radius 1 is 1.08 bits per heavy atom. The van der Waals surface area contributed by atoms with Crippen LogP contribution in [0.3, 0.4) is 0 Å². The van der Waals surface area contributed by atoms with E-state index < -0.39 is 26.7 Å². The summed E-state index contributed by atoms with van der Waals surface area (Å²) in [6.45, 7) is 2.28. The van der Waals surface area contributed by atoms with Gasteiger partial charge in [-0.05, 0) is 37.1 Å². The highest BCUT2D eigenvalue weighted by atomic mass is 32.2. The number of ether oxygens (including phenoxy) is 1. The molecule has 2 rings (SSSR count). The molecule has 26 heavy (non-hydrogen) atoms. The van der Waals surface area contributed by atoms with Crippen molar-refractivity contribution in [1.82, 2.24) is 4.72 Å². The fourth-order valence-corrected chi connectivity index (χ4v) is 3.40. The van der Waals surface area contributed by atoms with Gasteiger partial charge in [-0.2, -0.15) is 13.2 Å². The Bertz CT molecular complexity index is 808. The van der Waals surface area contributed by atoms with Crippen molar-refractivity contribution in [2.45, 2.75) is 30.5 Å². The molecule has 0 heterocycles. The molecule has 1 unspecified atom stereocenters. The molecule has 1 atom stereocenters. The monoisotopic (exact) mass is 387 g/mol. The summed E-state index contributed by atoms with van der Waals surface area (Å²) >= 11 is 0. The largest absolute Gasteiger partial charge is 0.416 e. The Morgan fingerprint density at radius 3 is 2.42 bits per heavy atom. The smallest absolute Gasteiger partial charge is 0.374 e. The summed E-state index contributed by atoms with van der Waals surface area (Å²) in [5, 5.41) is 0. The first-order valence-electron chi connectivity index (χ1n) is 8.03. The van der Waals surface area contributed by atoms with E-state index in [0.717, 1.165) is 23.8 Å². The highest BCUT2D eigenvalue weighted by Gasteiger charge is 2.31. The zero-order valence-corrected chi connectivity index (χ0v) is 15.0. The normalized spacial score (nSPS) is 13.5. The summed E-state index contributed by atoms with van der Waals surface area (Å²) in [7, 11) is -4.00. The molecule has 0 radical (unpaired) electrons. The maximum atomic E-state index is 12.7. The van der Waals surface area contributed by atoms with E-state index in [0.29, 0.717) is 19.1 Å². The van der Waals surface area contributed by atoms with Crippen molar-refractivity contribution in [3.63, 3.8) is 0 Å². The summed E-state index contributed by atoms with van der Waals surface area (Å²) in [6, 6.07) is 13.2. The minimum Gasteiger partial charge on any atom is -0.374 e. The van der Waals surface area contributed by atoms with Crippen molar-refractivity contribution in [2.24, 2.45) is 0 Å². The summed E-state index contributed by atoms with van der Waals surface area (Å²) in [5.74, 6) is 0. The van der Waals surface area contributed by atoms with E-state index in [1.54, 1.807) is 0 Å². The van der Waals surface area contributed by atoms with Crippen LogP contribution in [0.5, 0.6) is 0 Å². The summed E-state index contributed by atoms with van der Waals surface area (Å²) < 4.78 is 70.2. The van der Waals surface area contributed by atoms with E-state index >= 15 is 0 Å². The van der Waals surface area contributed by atoms with E-state index in [2.05, 4.69) is 4.72 Å². The molecule has 0 saturated carbocycles. The van der Waals surface area contributed by atoms with Gasteiger partial charge < -0.3 is 4.74 Å². The molecule has 4 nitrogen and oxygen atoms in total. The lowest BCUT2D eigenvalue weighted by molar-refractivity contribution is -0.137. The van der Waals surface area contributed by atoms with Crippen LogP contribution in [0.15, 0.2) is 59.5 Å². The van der Waals surface area contributed by atoms with E-state index in [9.17, 15) is 21.6 Å². The molecule has 142 valence electrons. The molecule has 8 heteroatoms. The van der Waals surface area contributed by atoms with Crippen molar-refractivity contribution < 1.29 is 26.3 Å². The van der Waals surface area contributed by atoms with E-state index in [1.165, 1.54) is 0 Å². The number of hydrogen-bond donors (Lipinski definition) is 1. The lowest BCUT2D eigenvalue weighted by Gasteiger charge is -2.14. The quantitative estimate of drug-likeness (QED) is 0.693. The maximum Gasteiger partial charge on any atom is 0.416 e. The third-order valence-electron chi connectivity index (χ3n) is 3.72.